The molecule has 0 aliphatic carbocycles. The van der Waals surface area contributed by atoms with Crippen LogP contribution in [-0.2, 0) is 11.2 Å². The largest absolute Gasteiger partial charge is 0.339 e. The second kappa shape index (κ2) is 7.22. The molecule has 23 heavy (non-hydrogen) atoms. The lowest BCUT2D eigenvalue weighted by Crippen LogP contribution is -2.38. The van der Waals surface area contributed by atoms with Crippen LogP contribution in [0.5, 0.6) is 0 Å². The van der Waals surface area contributed by atoms with Crippen LogP contribution in [0.4, 0.5) is 0 Å². The van der Waals surface area contributed by atoms with Gasteiger partial charge in [0.05, 0.1) is 0 Å². The monoisotopic (exact) mass is 311 g/mol. The van der Waals surface area contributed by atoms with Crippen molar-refractivity contribution in [1.29, 1.82) is 0 Å². The number of hydrogen-bond donors (Lipinski definition) is 0. The number of carbonyl (C=O) groups is 1. The molecule has 120 valence electrons. The third-order valence-electron chi connectivity index (χ3n) is 4.10. The molecule has 2 aromatic rings. The molecule has 1 fully saturated rings. The summed E-state index contributed by atoms with van der Waals surface area (Å²) in [6.07, 6.45) is 6.20. The Hall–Kier alpha value is -2.43. The molecule has 0 bridgehead atoms. The van der Waals surface area contributed by atoms with E-state index in [0.717, 1.165) is 37.2 Å². The molecule has 1 saturated heterocycles. The van der Waals surface area contributed by atoms with Crippen molar-refractivity contribution in [2.24, 2.45) is 0 Å². The first-order valence-electron chi connectivity index (χ1n) is 8.10. The summed E-state index contributed by atoms with van der Waals surface area (Å²) in [7, 11) is 0. The lowest BCUT2D eigenvalue weighted by Gasteiger charge is -2.30. The third-order valence-corrected chi connectivity index (χ3v) is 4.10. The van der Waals surface area contributed by atoms with Crippen LogP contribution >= 0.6 is 0 Å². The number of benzene rings is 1. The molecule has 0 spiro atoms. The number of rotatable bonds is 4. The Labute approximate surface area is 136 Å². The number of piperidine rings is 1. The van der Waals surface area contributed by atoms with Gasteiger partial charge in [-0.2, -0.15) is 4.98 Å². The van der Waals surface area contributed by atoms with Gasteiger partial charge < -0.3 is 9.42 Å². The summed E-state index contributed by atoms with van der Waals surface area (Å²) in [5.41, 5.74) is 1.03. The maximum Gasteiger partial charge on any atom is 0.246 e. The van der Waals surface area contributed by atoms with E-state index in [2.05, 4.69) is 10.1 Å². The maximum atomic E-state index is 12.4. The first kappa shape index (κ1) is 15.5. The topological polar surface area (TPSA) is 59.2 Å². The molecule has 5 heteroatoms. The second-order valence-electron chi connectivity index (χ2n) is 5.77. The van der Waals surface area contributed by atoms with Gasteiger partial charge in [-0.05, 0) is 24.5 Å². The summed E-state index contributed by atoms with van der Waals surface area (Å²) in [6, 6.07) is 9.85. The standard InChI is InChI=1S/C18H21N3O2/c1-2-16-19-18(20-23-16)15-9-6-12-21(13-15)17(22)11-10-14-7-4-3-5-8-14/h3-5,7-8,10-11,15H,2,6,9,12-13H2,1H3/b11-10+. The Morgan fingerprint density at radius 3 is 2.96 bits per heavy atom. The van der Waals surface area contributed by atoms with Crippen LogP contribution in [0.1, 0.15) is 43.0 Å². The Kier molecular flexibility index (Phi) is 4.86. The van der Waals surface area contributed by atoms with Gasteiger partial charge in [0.1, 0.15) is 0 Å². The van der Waals surface area contributed by atoms with E-state index in [0.29, 0.717) is 12.4 Å². The Bertz CT molecular complexity index is 679. The number of nitrogens with zero attached hydrogens (tertiary/aromatic N) is 3. The van der Waals surface area contributed by atoms with Gasteiger partial charge in [0.2, 0.25) is 11.8 Å². The first-order valence-corrected chi connectivity index (χ1v) is 8.10. The van der Waals surface area contributed by atoms with Crippen LogP contribution in [0.15, 0.2) is 40.9 Å². The highest BCUT2D eigenvalue weighted by Crippen LogP contribution is 2.25. The van der Waals surface area contributed by atoms with Crippen molar-refractivity contribution in [3.8, 4) is 0 Å². The molecule has 1 aromatic heterocycles. The van der Waals surface area contributed by atoms with Gasteiger partial charge in [-0.25, -0.2) is 0 Å². The van der Waals surface area contributed by atoms with Crippen LogP contribution in [0.3, 0.4) is 0 Å². The van der Waals surface area contributed by atoms with Crippen molar-refractivity contribution >= 4 is 12.0 Å². The van der Waals surface area contributed by atoms with Crippen LogP contribution in [0.2, 0.25) is 0 Å². The van der Waals surface area contributed by atoms with Crippen LogP contribution in [-0.4, -0.2) is 34.0 Å². The quantitative estimate of drug-likeness (QED) is 0.814. The minimum atomic E-state index is 0.0396. The van der Waals surface area contributed by atoms with Gasteiger partial charge >= 0.3 is 0 Å². The number of carbonyl (C=O) groups excluding carboxylic acids is 1. The van der Waals surface area contributed by atoms with Gasteiger partial charge in [-0.1, -0.05) is 42.4 Å². The minimum absolute atomic E-state index is 0.0396. The zero-order valence-electron chi connectivity index (χ0n) is 13.3. The molecule has 5 nitrogen and oxygen atoms in total. The smallest absolute Gasteiger partial charge is 0.246 e. The zero-order valence-corrected chi connectivity index (χ0v) is 13.3. The molecule has 1 atom stereocenters. The van der Waals surface area contributed by atoms with Gasteiger partial charge in [-0.15, -0.1) is 0 Å². The van der Waals surface area contributed by atoms with Crippen molar-refractivity contribution in [3.05, 3.63) is 53.7 Å². The number of aromatic nitrogens is 2. The summed E-state index contributed by atoms with van der Waals surface area (Å²) in [6.45, 7) is 3.43. The van der Waals surface area contributed by atoms with Gasteiger partial charge in [-0.3, -0.25) is 4.79 Å². The highest BCUT2D eigenvalue weighted by atomic mass is 16.5. The van der Waals surface area contributed by atoms with E-state index in [9.17, 15) is 4.79 Å². The normalized spacial score (nSPS) is 18.5. The summed E-state index contributed by atoms with van der Waals surface area (Å²) >= 11 is 0. The third kappa shape index (κ3) is 3.86. The molecule has 1 unspecified atom stereocenters. The highest BCUT2D eigenvalue weighted by molar-refractivity contribution is 5.91. The average Bonchev–Trinajstić information content (AvgIpc) is 3.10. The fraction of sp³-hybridized carbons (Fsp3) is 0.389. The molecule has 0 radical (unpaired) electrons. The lowest BCUT2D eigenvalue weighted by molar-refractivity contribution is -0.127. The van der Waals surface area contributed by atoms with Gasteiger partial charge in [0.25, 0.3) is 0 Å². The number of amides is 1. The van der Waals surface area contributed by atoms with E-state index in [-0.39, 0.29) is 11.8 Å². The van der Waals surface area contributed by atoms with Gasteiger partial charge in [0.15, 0.2) is 5.82 Å². The van der Waals surface area contributed by atoms with Gasteiger partial charge in [0, 0.05) is 31.5 Å². The lowest BCUT2D eigenvalue weighted by atomic mass is 9.97. The van der Waals surface area contributed by atoms with E-state index in [4.69, 9.17) is 4.52 Å². The molecule has 1 aliphatic rings. The molecule has 1 aliphatic heterocycles. The van der Waals surface area contributed by atoms with Crippen molar-refractivity contribution in [3.63, 3.8) is 0 Å². The van der Waals surface area contributed by atoms with Crippen LogP contribution in [0, 0.1) is 0 Å². The fourth-order valence-corrected chi connectivity index (χ4v) is 2.80. The SMILES string of the molecule is CCc1nc(C2CCCN(C(=O)/C=C/c3ccccc3)C2)no1. The molecule has 0 N–H and O–H groups in total. The van der Waals surface area contributed by atoms with Crippen LogP contribution < -0.4 is 0 Å². The summed E-state index contributed by atoms with van der Waals surface area (Å²) in [5.74, 6) is 1.60. The van der Waals surface area contributed by atoms with Crippen molar-refractivity contribution < 1.29 is 9.32 Å². The number of hydrogen-bond acceptors (Lipinski definition) is 4. The highest BCUT2D eigenvalue weighted by Gasteiger charge is 2.26. The Morgan fingerprint density at radius 2 is 2.22 bits per heavy atom. The predicted octanol–water partition coefficient (Wildman–Crippen LogP) is 3.05. The minimum Gasteiger partial charge on any atom is -0.339 e. The molecule has 1 aromatic carbocycles. The molecule has 1 amide bonds. The average molecular weight is 311 g/mol. The maximum absolute atomic E-state index is 12.4. The molecule has 3 rings (SSSR count). The van der Waals surface area contributed by atoms with E-state index in [1.807, 2.05) is 48.2 Å². The van der Waals surface area contributed by atoms with E-state index < -0.39 is 0 Å². The van der Waals surface area contributed by atoms with E-state index in [1.165, 1.54) is 0 Å². The van der Waals surface area contributed by atoms with Crippen molar-refractivity contribution in [2.75, 3.05) is 13.1 Å². The summed E-state index contributed by atoms with van der Waals surface area (Å²) < 4.78 is 5.19. The number of likely N-dealkylation sites (tertiary alicyclic amines) is 1. The predicted molar refractivity (Wildman–Crippen MR) is 87.7 cm³/mol. The molecular weight excluding hydrogens is 290 g/mol. The molecular formula is C18H21N3O2. The summed E-state index contributed by atoms with van der Waals surface area (Å²) in [4.78, 5) is 18.7. The van der Waals surface area contributed by atoms with Crippen molar-refractivity contribution in [1.82, 2.24) is 15.0 Å². The Balaban J connectivity index is 1.63. The second-order valence-corrected chi connectivity index (χ2v) is 5.77. The Morgan fingerprint density at radius 1 is 1.39 bits per heavy atom. The fourth-order valence-electron chi connectivity index (χ4n) is 2.80. The number of aryl methyl sites for hydroxylation is 1. The molecule has 0 saturated carbocycles. The first-order chi connectivity index (χ1) is 11.3. The summed E-state index contributed by atoms with van der Waals surface area (Å²) in [5, 5.41) is 4.06. The molecule has 2 heterocycles. The van der Waals surface area contributed by atoms with Crippen LogP contribution in [0.25, 0.3) is 6.08 Å². The zero-order chi connectivity index (χ0) is 16.1. The van der Waals surface area contributed by atoms with E-state index >= 15 is 0 Å². The van der Waals surface area contributed by atoms with E-state index in [1.54, 1.807) is 6.08 Å². The van der Waals surface area contributed by atoms with Crippen molar-refractivity contribution in [2.45, 2.75) is 32.1 Å².